The van der Waals surface area contributed by atoms with Crippen molar-refractivity contribution in [2.24, 2.45) is 5.73 Å². The van der Waals surface area contributed by atoms with Crippen LogP contribution in [0.5, 0.6) is 0 Å². The lowest BCUT2D eigenvalue weighted by molar-refractivity contribution is 0.148. The number of nitrogens with two attached hydrogens (primary N) is 1. The van der Waals surface area contributed by atoms with Crippen molar-refractivity contribution in [2.45, 2.75) is 72.0 Å². The lowest BCUT2D eigenvalue weighted by Crippen LogP contribution is -2.40. The Balaban J connectivity index is 2.85. The van der Waals surface area contributed by atoms with E-state index >= 15 is 0 Å². The van der Waals surface area contributed by atoms with Gasteiger partial charge in [0.15, 0.2) is 0 Å². The Bertz CT molecular complexity index is 359. The fourth-order valence-corrected chi connectivity index (χ4v) is 2.78. The number of hydrogen-bond donors (Lipinski definition) is 1. The Morgan fingerprint density at radius 1 is 1.25 bits per heavy atom. The fraction of sp³-hybridized carbons (Fsp3) is 0.812. The lowest BCUT2D eigenvalue weighted by Gasteiger charge is -2.34. The molecule has 1 heterocycles. The second-order valence-corrected chi connectivity index (χ2v) is 5.80. The summed E-state index contributed by atoms with van der Waals surface area (Å²) >= 11 is 0. The van der Waals surface area contributed by atoms with E-state index < -0.39 is 0 Å². The summed E-state index contributed by atoms with van der Waals surface area (Å²) in [5.74, 6) is 0. The summed E-state index contributed by atoms with van der Waals surface area (Å²) in [5, 5.41) is 0. The zero-order valence-electron chi connectivity index (χ0n) is 13.7. The quantitative estimate of drug-likeness (QED) is 0.670. The minimum absolute atomic E-state index is 0.279. The third-order valence-electron chi connectivity index (χ3n) is 3.86. The van der Waals surface area contributed by atoms with Crippen LogP contribution in [-0.2, 0) is 6.54 Å². The highest BCUT2D eigenvalue weighted by Crippen LogP contribution is 2.23. The van der Waals surface area contributed by atoms with Gasteiger partial charge >= 0.3 is 0 Å². The van der Waals surface area contributed by atoms with E-state index in [9.17, 15) is 0 Å². The summed E-state index contributed by atoms with van der Waals surface area (Å²) in [6, 6.07) is 0.784. The van der Waals surface area contributed by atoms with E-state index in [0.717, 1.165) is 19.5 Å². The number of aryl methyl sites for hydroxylation is 1. The molecule has 116 valence electrons. The van der Waals surface area contributed by atoms with Crippen LogP contribution in [0.4, 0.5) is 0 Å². The first-order valence-corrected chi connectivity index (χ1v) is 8.11. The zero-order valence-corrected chi connectivity index (χ0v) is 13.7. The minimum atomic E-state index is 0.279. The molecular weight excluding hydrogens is 248 g/mol. The van der Waals surface area contributed by atoms with Gasteiger partial charge in [-0.15, -0.1) is 0 Å². The summed E-state index contributed by atoms with van der Waals surface area (Å²) in [7, 11) is 0. The standard InChI is InChI=1S/C16H32N4/c1-5-7-8-10-20(14(3)4)15(11-17)16-12-18-13-19(16)9-6-2/h12-15H,5-11,17H2,1-4H3. The van der Waals surface area contributed by atoms with Crippen LogP contribution in [-0.4, -0.2) is 33.6 Å². The van der Waals surface area contributed by atoms with Crippen molar-refractivity contribution in [3.63, 3.8) is 0 Å². The highest BCUT2D eigenvalue weighted by molar-refractivity contribution is 5.07. The van der Waals surface area contributed by atoms with Crippen molar-refractivity contribution in [1.29, 1.82) is 0 Å². The highest BCUT2D eigenvalue weighted by Gasteiger charge is 2.23. The van der Waals surface area contributed by atoms with E-state index in [2.05, 4.69) is 42.1 Å². The largest absolute Gasteiger partial charge is 0.333 e. The number of rotatable bonds is 10. The molecule has 1 aromatic heterocycles. The van der Waals surface area contributed by atoms with E-state index in [-0.39, 0.29) is 6.04 Å². The van der Waals surface area contributed by atoms with E-state index in [1.165, 1.54) is 25.0 Å². The second kappa shape index (κ2) is 9.14. The Labute approximate surface area is 124 Å². The van der Waals surface area contributed by atoms with Gasteiger partial charge < -0.3 is 10.3 Å². The zero-order chi connectivity index (χ0) is 15.0. The molecule has 0 aliphatic rings. The van der Waals surface area contributed by atoms with Crippen LogP contribution in [0.15, 0.2) is 12.5 Å². The van der Waals surface area contributed by atoms with E-state index in [1.54, 1.807) is 0 Å². The number of unbranched alkanes of at least 4 members (excludes halogenated alkanes) is 2. The third kappa shape index (κ3) is 4.60. The second-order valence-electron chi connectivity index (χ2n) is 5.80. The fourth-order valence-electron chi connectivity index (χ4n) is 2.78. The molecule has 4 nitrogen and oxygen atoms in total. The predicted octanol–water partition coefficient (Wildman–Crippen LogP) is 3.19. The summed E-state index contributed by atoms with van der Waals surface area (Å²) < 4.78 is 2.26. The third-order valence-corrected chi connectivity index (χ3v) is 3.86. The first kappa shape index (κ1) is 17.2. The summed E-state index contributed by atoms with van der Waals surface area (Å²) in [6.45, 7) is 11.8. The smallest absolute Gasteiger partial charge is 0.0948 e. The molecule has 0 amide bonds. The van der Waals surface area contributed by atoms with E-state index in [4.69, 9.17) is 5.73 Å². The Kier molecular flexibility index (Phi) is 7.85. The van der Waals surface area contributed by atoms with Crippen LogP contribution in [0.1, 0.15) is 65.1 Å². The topological polar surface area (TPSA) is 47.1 Å². The molecule has 0 saturated heterocycles. The SMILES string of the molecule is CCCCCN(C(C)C)C(CN)c1cncn1CCC. The van der Waals surface area contributed by atoms with Gasteiger partial charge in [-0.25, -0.2) is 4.98 Å². The first-order chi connectivity index (χ1) is 9.65. The number of imidazole rings is 1. The van der Waals surface area contributed by atoms with Crippen LogP contribution in [0.25, 0.3) is 0 Å². The van der Waals surface area contributed by atoms with Gasteiger partial charge in [-0.05, 0) is 33.2 Å². The number of nitrogens with zero attached hydrogens (tertiary/aromatic N) is 3. The molecule has 1 aromatic rings. The molecule has 0 aliphatic carbocycles. The van der Waals surface area contributed by atoms with Gasteiger partial charge in [-0.3, -0.25) is 4.90 Å². The van der Waals surface area contributed by atoms with Crippen LogP contribution in [0.3, 0.4) is 0 Å². The summed E-state index contributed by atoms with van der Waals surface area (Å²) in [6.07, 6.45) is 8.83. The van der Waals surface area contributed by atoms with Crippen LogP contribution < -0.4 is 5.73 Å². The van der Waals surface area contributed by atoms with Crippen molar-refractivity contribution in [1.82, 2.24) is 14.5 Å². The van der Waals surface area contributed by atoms with Crippen molar-refractivity contribution < 1.29 is 0 Å². The average Bonchev–Trinajstić information content (AvgIpc) is 2.86. The maximum absolute atomic E-state index is 6.09. The van der Waals surface area contributed by atoms with Crippen molar-refractivity contribution >= 4 is 0 Å². The molecule has 20 heavy (non-hydrogen) atoms. The molecule has 0 aromatic carbocycles. The van der Waals surface area contributed by atoms with E-state index in [0.29, 0.717) is 12.6 Å². The molecule has 0 aliphatic heterocycles. The van der Waals surface area contributed by atoms with Gasteiger partial charge in [-0.2, -0.15) is 0 Å². The monoisotopic (exact) mass is 280 g/mol. The van der Waals surface area contributed by atoms with E-state index in [1.807, 2.05) is 12.5 Å². The molecule has 0 saturated carbocycles. The first-order valence-electron chi connectivity index (χ1n) is 8.11. The summed E-state index contributed by atoms with van der Waals surface area (Å²) in [5.41, 5.74) is 7.35. The molecule has 0 spiro atoms. The van der Waals surface area contributed by atoms with Gasteiger partial charge in [-0.1, -0.05) is 26.7 Å². The molecular formula is C16H32N4. The number of hydrogen-bond acceptors (Lipinski definition) is 3. The minimum Gasteiger partial charge on any atom is -0.333 e. The molecule has 1 rings (SSSR count). The molecule has 0 radical (unpaired) electrons. The van der Waals surface area contributed by atoms with Gasteiger partial charge in [0.05, 0.1) is 18.1 Å². The Morgan fingerprint density at radius 2 is 2.00 bits per heavy atom. The van der Waals surface area contributed by atoms with Crippen molar-refractivity contribution in [3.05, 3.63) is 18.2 Å². The predicted molar refractivity (Wildman–Crippen MR) is 85.7 cm³/mol. The van der Waals surface area contributed by atoms with Crippen LogP contribution >= 0.6 is 0 Å². The Hall–Kier alpha value is -0.870. The van der Waals surface area contributed by atoms with Gasteiger partial charge in [0.2, 0.25) is 0 Å². The molecule has 0 bridgehead atoms. The average molecular weight is 280 g/mol. The van der Waals surface area contributed by atoms with Gasteiger partial charge in [0.1, 0.15) is 0 Å². The molecule has 1 unspecified atom stereocenters. The normalized spacial score (nSPS) is 13.3. The molecule has 0 fully saturated rings. The van der Waals surface area contributed by atoms with Crippen LogP contribution in [0.2, 0.25) is 0 Å². The Morgan fingerprint density at radius 3 is 2.55 bits per heavy atom. The van der Waals surface area contributed by atoms with Crippen LogP contribution in [0, 0.1) is 0 Å². The molecule has 1 atom stereocenters. The van der Waals surface area contributed by atoms with Crippen molar-refractivity contribution in [3.8, 4) is 0 Å². The highest BCUT2D eigenvalue weighted by atomic mass is 15.2. The maximum Gasteiger partial charge on any atom is 0.0948 e. The molecule has 4 heteroatoms. The van der Waals surface area contributed by atoms with Gasteiger partial charge in [0, 0.05) is 25.3 Å². The van der Waals surface area contributed by atoms with Crippen molar-refractivity contribution in [2.75, 3.05) is 13.1 Å². The maximum atomic E-state index is 6.09. The molecule has 2 N–H and O–H groups in total. The number of aromatic nitrogens is 2. The summed E-state index contributed by atoms with van der Waals surface area (Å²) in [4.78, 5) is 6.86. The lowest BCUT2D eigenvalue weighted by atomic mass is 10.1. The van der Waals surface area contributed by atoms with Gasteiger partial charge in [0.25, 0.3) is 0 Å².